The minimum atomic E-state index is -0.348. The van der Waals surface area contributed by atoms with E-state index < -0.39 is 0 Å². The van der Waals surface area contributed by atoms with Crippen LogP contribution in [0, 0.1) is 11.3 Å². The molecule has 138 valence electrons. The third-order valence-corrected chi connectivity index (χ3v) is 4.13. The molecule has 0 aliphatic carbocycles. The summed E-state index contributed by atoms with van der Waals surface area (Å²) in [5.74, 6) is -0.348. The second kappa shape index (κ2) is 9.02. The second-order valence-electron chi connectivity index (χ2n) is 5.79. The van der Waals surface area contributed by atoms with Gasteiger partial charge in [-0.2, -0.15) is 5.26 Å². The molecular weight excluding hydrogens is 362 g/mol. The second-order valence-corrected chi connectivity index (χ2v) is 5.79. The van der Waals surface area contributed by atoms with Crippen LogP contribution in [0.2, 0.25) is 0 Å². The molecule has 3 aromatic rings. The molecule has 1 heterocycles. The number of nitriles is 1. The minimum Gasteiger partial charge on any atom is -0.462 e. The molecule has 0 saturated heterocycles. The molecule has 0 saturated carbocycles. The van der Waals surface area contributed by atoms with Gasteiger partial charge in [0.25, 0.3) is 0 Å². The van der Waals surface area contributed by atoms with Crippen LogP contribution in [0.1, 0.15) is 35.3 Å². The van der Waals surface area contributed by atoms with Gasteiger partial charge in [0.1, 0.15) is 6.07 Å². The van der Waals surface area contributed by atoms with Crippen molar-refractivity contribution in [3.8, 4) is 6.07 Å². The molecule has 1 aromatic heterocycles. The Morgan fingerprint density at radius 1 is 1.19 bits per heavy atom. The van der Waals surface area contributed by atoms with Crippen molar-refractivity contribution < 1.29 is 9.53 Å². The van der Waals surface area contributed by atoms with Gasteiger partial charge < -0.3 is 10.1 Å². The Morgan fingerprint density at radius 2 is 1.93 bits per heavy atom. The van der Waals surface area contributed by atoms with Gasteiger partial charge in [-0.05, 0) is 55.3 Å². The number of carbonyl (C=O) groups excluding carboxylic acids is 1. The number of esters is 1. The molecule has 2 aromatic carbocycles. The molecule has 0 bridgehead atoms. The molecule has 0 radical (unpaired) electrons. The van der Waals surface area contributed by atoms with E-state index in [-0.39, 0.29) is 18.4 Å². The fourth-order valence-electron chi connectivity index (χ4n) is 2.73. The zero-order valence-corrected chi connectivity index (χ0v) is 16.0. The first kappa shape index (κ1) is 20.2. The lowest BCUT2D eigenvalue weighted by molar-refractivity contribution is 0.0526. The van der Waals surface area contributed by atoms with Crippen molar-refractivity contribution in [2.24, 2.45) is 0 Å². The number of rotatable bonds is 5. The van der Waals surface area contributed by atoms with Crippen molar-refractivity contribution >= 4 is 40.7 Å². The number of pyridine rings is 1. The van der Waals surface area contributed by atoms with E-state index in [1.807, 2.05) is 12.1 Å². The predicted octanol–water partition coefficient (Wildman–Crippen LogP) is 5.01. The highest BCUT2D eigenvalue weighted by molar-refractivity contribution is 5.96. The van der Waals surface area contributed by atoms with E-state index in [1.165, 1.54) is 5.56 Å². The van der Waals surface area contributed by atoms with Crippen LogP contribution in [-0.2, 0) is 11.2 Å². The maximum atomic E-state index is 11.8. The summed E-state index contributed by atoms with van der Waals surface area (Å²) in [6.07, 6.45) is 2.48. The van der Waals surface area contributed by atoms with E-state index in [0.717, 1.165) is 28.7 Å². The lowest BCUT2D eigenvalue weighted by atomic mass is 10.0. The maximum Gasteiger partial charge on any atom is 0.338 e. The summed E-state index contributed by atoms with van der Waals surface area (Å²) in [6, 6.07) is 15.2. The number of hydrogen-bond acceptors (Lipinski definition) is 5. The van der Waals surface area contributed by atoms with Gasteiger partial charge in [-0.25, -0.2) is 4.79 Å². The average Bonchev–Trinajstić information content (AvgIpc) is 2.68. The fraction of sp³-hybridized carbons (Fsp3) is 0.190. The number of aromatic nitrogens is 1. The molecule has 0 fully saturated rings. The molecule has 3 rings (SSSR count). The average molecular weight is 382 g/mol. The fourth-order valence-corrected chi connectivity index (χ4v) is 2.73. The summed E-state index contributed by atoms with van der Waals surface area (Å²) in [5, 5.41) is 13.7. The highest BCUT2D eigenvalue weighted by atomic mass is 35.5. The minimum absolute atomic E-state index is 0. The van der Waals surface area contributed by atoms with Crippen molar-refractivity contribution in [2.45, 2.75) is 20.3 Å². The van der Waals surface area contributed by atoms with E-state index in [2.05, 4.69) is 29.4 Å². The summed E-state index contributed by atoms with van der Waals surface area (Å²) in [5.41, 5.74) is 4.47. The SMILES string of the molecule is CCOC(=O)c1ccc(Nc2c(C#N)cnc3ccc(CC)cc23)cc1.Cl. The Hall–Kier alpha value is -3.10. The van der Waals surface area contributed by atoms with Crippen molar-refractivity contribution in [2.75, 3.05) is 11.9 Å². The molecule has 0 amide bonds. The number of nitrogens with zero attached hydrogens (tertiary/aromatic N) is 2. The van der Waals surface area contributed by atoms with Crippen molar-refractivity contribution in [1.82, 2.24) is 4.98 Å². The van der Waals surface area contributed by atoms with Crippen LogP contribution in [-0.4, -0.2) is 17.6 Å². The summed E-state index contributed by atoms with van der Waals surface area (Å²) in [7, 11) is 0. The van der Waals surface area contributed by atoms with Crippen LogP contribution in [0.5, 0.6) is 0 Å². The molecule has 0 aliphatic rings. The van der Waals surface area contributed by atoms with Crippen molar-refractivity contribution in [1.29, 1.82) is 5.26 Å². The Morgan fingerprint density at radius 3 is 2.56 bits per heavy atom. The number of aryl methyl sites for hydroxylation is 1. The first-order valence-corrected chi connectivity index (χ1v) is 8.52. The predicted molar refractivity (Wildman–Crippen MR) is 109 cm³/mol. The van der Waals surface area contributed by atoms with E-state index in [0.29, 0.717) is 17.7 Å². The number of fused-ring (bicyclic) bond motifs is 1. The molecule has 0 unspecified atom stereocenters. The van der Waals surface area contributed by atoms with Crippen LogP contribution >= 0.6 is 12.4 Å². The van der Waals surface area contributed by atoms with Crippen LogP contribution in [0.3, 0.4) is 0 Å². The summed E-state index contributed by atoms with van der Waals surface area (Å²) < 4.78 is 5.00. The normalized spacial score (nSPS) is 9.96. The molecule has 1 N–H and O–H groups in total. The largest absolute Gasteiger partial charge is 0.462 e. The van der Waals surface area contributed by atoms with E-state index in [4.69, 9.17) is 4.74 Å². The van der Waals surface area contributed by atoms with Gasteiger partial charge in [0.2, 0.25) is 0 Å². The van der Waals surface area contributed by atoms with E-state index >= 15 is 0 Å². The Bertz CT molecular complexity index is 995. The molecule has 6 heteroatoms. The third kappa shape index (κ3) is 4.36. The zero-order valence-electron chi connectivity index (χ0n) is 15.2. The number of ether oxygens (including phenoxy) is 1. The first-order chi connectivity index (χ1) is 12.7. The number of halogens is 1. The van der Waals surface area contributed by atoms with Crippen LogP contribution in [0.15, 0.2) is 48.7 Å². The van der Waals surface area contributed by atoms with Gasteiger partial charge in [0.05, 0.1) is 28.9 Å². The van der Waals surface area contributed by atoms with Crippen LogP contribution in [0.25, 0.3) is 10.9 Å². The van der Waals surface area contributed by atoms with Gasteiger partial charge in [-0.15, -0.1) is 12.4 Å². The number of anilines is 2. The molecular formula is C21H20ClN3O2. The topological polar surface area (TPSA) is 75.0 Å². The smallest absolute Gasteiger partial charge is 0.338 e. The van der Waals surface area contributed by atoms with Gasteiger partial charge in [-0.1, -0.05) is 13.0 Å². The Labute approximate surface area is 164 Å². The van der Waals surface area contributed by atoms with E-state index in [1.54, 1.807) is 37.4 Å². The van der Waals surface area contributed by atoms with Crippen molar-refractivity contribution in [3.05, 3.63) is 65.4 Å². The molecule has 27 heavy (non-hydrogen) atoms. The van der Waals surface area contributed by atoms with Gasteiger partial charge >= 0.3 is 5.97 Å². The summed E-state index contributed by atoms with van der Waals surface area (Å²) >= 11 is 0. The monoisotopic (exact) mass is 381 g/mol. The standard InChI is InChI=1S/C21H19N3O2.ClH/c1-3-14-5-10-19-18(11-14)20(16(12-22)13-23-19)24-17-8-6-15(7-9-17)21(25)26-4-2;/h5-11,13H,3-4H2,1-2H3,(H,23,24);1H. The van der Waals surface area contributed by atoms with E-state index in [9.17, 15) is 10.1 Å². The van der Waals surface area contributed by atoms with Crippen molar-refractivity contribution in [3.63, 3.8) is 0 Å². The molecule has 0 atom stereocenters. The Balaban J connectivity index is 0.00000261. The summed E-state index contributed by atoms with van der Waals surface area (Å²) in [6.45, 7) is 4.20. The quantitative estimate of drug-likeness (QED) is 0.628. The first-order valence-electron chi connectivity index (χ1n) is 8.52. The summed E-state index contributed by atoms with van der Waals surface area (Å²) in [4.78, 5) is 16.1. The number of nitrogens with one attached hydrogen (secondary N) is 1. The third-order valence-electron chi connectivity index (χ3n) is 4.13. The molecule has 0 spiro atoms. The molecule has 0 aliphatic heterocycles. The van der Waals surface area contributed by atoms with Crippen LogP contribution in [0.4, 0.5) is 11.4 Å². The lowest BCUT2D eigenvalue weighted by Gasteiger charge is -2.13. The Kier molecular flexibility index (Phi) is 6.75. The van der Waals surface area contributed by atoms with Gasteiger partial charge in [0.15, 0.2) is 0 Å². The zero-order chi connectivity index (χ0) is 18.5. The number of carbonyl (C=O) groups is 1. The number of benzene rings is 2. The molecule has 5 nitrogen and oxygen atoms in total. The highest BCUT2D eigenvalue weighted by Gasteiger charge is 2.11. The van der Waals surface area contributed by atoms with Gasteiger partial charge in [-0.3, -0.25) is 4.98 Å². The van der Waals surface area contributed by atoms with Gasteiger partial charge in [0, 0.05) is 17.3 Å². The van der Waals surface area contributed by atoms with Crippen LogP contribution < -0.4 is 5.32 Å². The highest BCUT2D eigenvalue weighted by Crippen LogP contribution is 2.29. The lowest BCUT2D eigenvalue weighted by Crippen LogP contribution is -2.04. The maximum absolute atomic E-state index is 11.8. The number of hydrogen-bond donors (Lipinski definition) is 1.